The Morgan fingerprint density at radius 3 is 1.96 bits per heavy atom. The molecule has 0 aromatic heterocycles. The first-order valence-corrected chi connectivity index (χ1v) is 9.36. The summed E-state index contributed by atoms with van der Waals surface area (Å²) in [5.41, 5.74) is -0.744. The quantitative estimate of drug-likeness (QED) is 0.829. The first-order valence-electron chi connectivity index (χ1n) is 9.36. The zero-order valence-electron chi connectivity index (χ0n) is 15.4. The molecule has 4 aliphatic rings. The van der Waals surface area contributed by atoms with Gasteiger partial charge in [0.05, 0.1) is 5.54 Å². The summed E-state index contributed by atoms with van der Waals surface area (Å²) in [6.07, 6.45) is 6.85. The van der Waals surface area contributed by atoms with Crippen molar-refractivity contribution in [3.8, 4) is 0 Å². The molecule has 4 nitrogen and oxygen atoms in total. The second-order valence-corrected chi connectivity index (χ2v) is 9.85. The minimum atomic E-state index is -0.449. The highest BCUT2D eigenvalue weighted by Crippen LogP contribution is 2.53. The van der Waals surface area contributed by atoms with Crippen LogP contribution in [0.15, 0.2) is 0 Å². The number of ether oxygens (including phenoxy) is 1. The molecule has 0 heterocycles. The van der Waals surface area contributed by atoms with E-state index >= 15 is 0 Å². The van der Waals surface area contributed by atoms with Crippen LogP contribution in [0.4, 0.5) is 4.79 Å². The summed E-state index contributed by atoms with van der Waals surface area (Å²) in [4.78, 5) is 12.0. The third-order valence-corrected chi connectivity index (χ3v) is 5.85. The van der Waals surface area contributed by atoms with Gasteiger partial charge in [-0.2, -0.15) is 0 Å². The van der Waals surface area contributed by atoms with E-state index in [-0.39, 0.29) is 11.6 Å². The highest BCUT2D eigenvalue weighted by atomic mass is 16.6. The average Bonchev–Trinajstić information content (AvgIpc) is 2.33. The predicted octanol–water partition coefficient (Wildman–Crippen LogP) is 3.70. The highest BCUT2D eigenvalue weighted by molar-refractivity contribution is 5.68. The number of hydrogen-bond donors (Lipinski definition) is 2. The Morgan fingerprint density at radius 1 is 0.957 bits per heavy atom. The summed E-state index contributed by atoms with van der Waals surface area (Å²) in [5, 5.41) is 6.81. The summed E-state index contributed by atoms with van der Waals surface area (Å²) >= 11 is 0. The molecule has 0 radical (unpaired) electrons. The summed E-state index contributed by atoms with van der Waals surface area (Å²) in [6.45, 7) is 10.6. The summed E-state index contributed by atoms with van der Waals surface area (Å²) in [6, 6.07) is 0.655. The van der Waals surface area contributed by atoms with E-state index in [0.717, 1.165) is 30.2 Å². The van der Waals surface area contributed by atoms with Crippen molar-refractivity contribution in [1.82, 2.24) is 10.6 Å². The topological polar surface area (TPSA) is 50.4 Å². The second kappa shape index (κ2) is 5.94. The van der Waals surface area contributed by atoms with Gasteiger partial charge >= 0.3 is 6.09 Å². The van der Waals surface area contributed by atoms with Gasteiger partial charge in [0.2, 0.25) is 0 Å². The van der Waals surface area contributed by atoms with Gasteiger partial charge in [-0.25, -0.2) is 4.79 Å². The van der Waals surface area contributed by atoms with Crippen molar-refractivity contribution in [3.05, 3.63) is 0 Å². The van der Waals surface area contributed by atoms with Crippen LogP contribution in [0.25, 0.3) is 0 Å². The van der Waals surface area contributed by atoms with E-state index in [2.05, 4.69) is 24.5 Å². The van der Waals surface area contributed by atoms with E-state index in [9.17, 15) is 4.79 Å². The van der Waals surface area contributed by atoms with Gasteiger partial charge in [0, 0.05) is 12.6 Å². The fourth-order valence-electron chi connectivity index (χ4n) is 5.26. The number of carbonyl (C=O) groups is 1. The van der Waals surface area contributed by atoms with Crippen molar-refractivity contribution in [3.63, 3.8) is 0 Å². The number of hydrogen-bond acceptors (Lipinski definition) is 3. The Bertz CT molecular complexity index is 425. The molecular weight excluding hydrogens is 288 g/mol. The Labute approximate surface area is 141 Å². The van der Waals surface area contributed by atoms with Crippen molar-refractivity contribution in [2.75, 3.05) is 6.54 Å². The van der Waals surface area contributed by atoms with Gasteiger partial charge < -0.3 is 15.4 Å². The minimum Gasteiger partial charge on any atom is -0.444 e. The van der Waals surface area contributed by atoms with Crippen LogP contribution in [0, 0.1) is 23.7 Å². The zero-order chi connectivity index (χ0) is 16.8. The number of rotatable bonds is 4. The van der Waals surface area contributed by atoms with Crippen LogP contribution in [0.2, 0.25) is 0 Å². The number of nitrogens with one attached hydrogen (secondary N) is 2. The molecule has 0 aromatic rings. The fraction of sp³-hybridized carbons (Fsp3) is 0.947. The van der Waals surface area contributed by atoms with Gasteiger partial charge in [-0.15, -0.1) is 0 Å². The molecule has 0 aromatic carbocycles. The monoisotopic (exact) mass is 322 g/mol. The Morgan fingerprint density at radius 2 is 1.48 bits per heavy atom. The van der Waals surface area contributed by atoms with Crippen molar-refractivity contribution < 1.29 is 9.53 Å². The van der Waals surface area contributed by atoms with E-state index < -0.39 is 5.60 Å². The van der Waals surface area contributed by atoms with E-state index in [0.29, 0.717) is 6.04 Å². The zero-order valence-corrected chi connectivity index (χ0v) is 15.4. The SMILES string of the molecule is CC(C)(CNC1C2CC3CC(C2)CC1C3)NC(=O)OC(C)(C)C. The van der Waals surface area contributed by atoms with Gasteiger partial charge in [-0.3, -0.25) is 0 Å². The molecule has 132 valence electrons. The maximum atomic E-state index is 12.0. The molecule has 0 atom stereocenters. The fourth-order valence-corrected chi connectivity index (χ4v) is 5.26. The Kier molecular flexibility index (Phi) is 4.41. The van der Waals surface area contributed by atoms with E-state index in [1.54, 1.807) is 0 Å². The van der Waals surface area contributed by atoms with Gasteiger partial charge in [0.15, 0.2) is 0 Å². The van der Waals surface area contributed by atoms with E-state index in [4.69, 9.17) is 4.74 Å². The standard InChI is InChI=1S/C19H34N2O2/c1-18(2,3)23-17(22)21-19(4,5)11-20-16-14-7-12-6-13(9-14)10-15(16)8-12/h12-16,20H,6-11H2,1-5H3,(H,21,22). The largest absolute Gasteiger partial charge is 0.444 e. The van der Waals surface area contributed by atoms with Crippen LogP contribution >= 0.6 is 0 Å². The molecule has 4 rings (SSSR count). The molecule has 1 amide bonds. The third kappa shape index (κ3) is 4.20. The molecular formula is C19H34N2O2. The normalized spacial score (nSPS) is 36.1. The molecule has 4 aliphatic carbocycles. The van der Waals surface area contributed by atoms with Crippen LogP contribution in [-0.4, -0.2) is 29.8 Å². The molecule has 0 saturated heterocycles. The summed E-state index contributed by atoms with van der Waals surface area (Å²) in [7, 11) is 0. The summed E-state index contributed by atoms with van der Waals surface area (Å²) in [5.74, 6) is 3.74. The number of amides is 1. The Balaban J connectivity index is 1.50. The van der Waals surface area contributed by atoms with Crippen molar-refractivity contribution in [2.24, 2.45) is 23.7 Å². The van der Waals surface area contributed by atoms with Crippen LogP contribution in [-0.2, 0) is 4.74 Å². The van der Waals surface area contributed by atoms with Crippen LogP contribution in [0.5, 0.6) is 0 Å². The third-order valence-electron chi connectivity index (χ3n) is 5.85. The lowest BCUT2D eigenvalue weighted by Gasteiger charge is -2.55. The molecule has 23 heavy (non-hydrogen) atoms. The molecule has 2 N–H and O–H groups in total. The second-order valence-electron chi connectivity index (χ2n) is 9.85. The summed E-state index contributed by atoms with van der Waals surface area (Å²) < 4.78 is 5.38. The lowest BCUT2D eigenvalue weighted by atomic mass is 9.54. The van der Waals surface area contributed by atoms with Gasteiger partial charge in [0.25, 0.3) is 0 Å². The molecule has 4 heteroatoms. The maximum Gasteiger partial charge on any atom is 0.408 e. The molecule has 0 spiro atoms. The Hall–Kier alpha value is -0.770. The lowest BCUT2D eigenvalue weighted by molar-refractivity contribution is -0.0156. The van der Waals surface area contributed by atoms with E-state index in [1.807, 2.05) is 20.8 Å². The number of alkyl carbamates (subject to hydrolysis) is 1. The molecule has 4 fully saturated rings. The van der Waals surface area contributed by atoms with Gasteiger partial charge in [-0.1, -0.05) is 0 Å². The lowest BCUT2D eigenvalue weighted by Crippen LogP contribution is -2.59. The minimum absolute atomic E-state index is 0.295. The first kappa shape index (κ1) is 17.1. The predicted molar refractivity (Wildman–Crippen MR) is 92.3 cm³/mol. The van der Waals surface area contributed by atoms with Crippen LogP contribution in [0.1, 0.15) is 66.7 Å². The number of carbonyl (C=O) groups excluding carboxylic acids is 1. The van der Waals surface area contributed by atoms with E-state index in [1.165, 1.54) is 32.1 Å². The molecule has 0 unspecified atom stereocenters. The highest BCUT2D eigenvalue weighted by Gasteiger charge is 2.48. The van der Waals surface area contributed by atoms with Gasteiger partial charge in [-0.05, 0) is 90.4 Å². The first-order chi connectivity index (χ1) is 10.6. The molecule has 4 bridgehead atoms. The molecule has 0 aliphatic heterocycles. The van der Waals surface area contributed by atoms with Crippen molar-refractivity contribution in [2.45, 2.75) is 83.9 Å². The average molecular weight is 322 g/mol. The molecule has 4 saturated carbocycles. The van der Waals surface area contributed by atoms with Crippen molar-refractivity contribution >= 4 is 6.09 Å². The van der Waals surface area contributed by atoms with Gasteiger partial charge in [0.1, 0.15) is 5.60 Å². The van der Waals surface area contributed by atoms with Crippen molar-refractivity contribution in [1.29, 1.82) is 0 Å². The maximum absolute atomic E-state index is 12.0. The van der Waals surface area contributed by atoms with Crippen LogP contribution < -0.4 is 10.6 Å². The van der Waals surface area contributed by atoms with Crippen LogP contribution in [0.3, 0.4) is 0 Å². The smallest absolute Gasteiger partial charge is 0.408 e.